The molecule has 0 N–H and O–H groups in total. The van der Waals surface area contributed by atoms with Gasteiger partial charge in [-0.05, 0) is 33.7 Å². The molecule has 0 atom stereocenters. The first kappa shape index (κ1) is 18.5. The molecule has 0 unspecified atom stereocenters. The highest BCUT2D eigenvalue weighted by Crippen LogP contribution is 2.52. The second-order valence-electron chi connectivity index (χ2n) is 9.04. The third kappa shape index (κ3) is 2.70. The van der Waals surface area contributed by atoms with Crippen LogP contribution in [-0.4, -0.2) is 24.8 Å². The Balaban J connectivity index is 1.46. The number of hydrogen-bond acceptors (Lipinski definition) is 4. The average Bonchev–Trinajstić information content (AvgIpc) is 3.24. The van der Waals surface area contributed by atoms with E-state index >= 15 is 0 Å². The van der Waals surface area contributed by atoms with Crippen LogP contribution in [0.5, 0.6) is 11.5 Å². The zero-order valence-electron chi connectivity index (χ0n) is 17.8. The summed E-state index contributed by atoms with van der Waals surface area (Å²) in [7, 11) is 0. The molecular weight excluding hydrogens is 400 g/mol. The Labute approximate surface area is 186 Å². The van der Waals surface area contributed by atoms with Crippen molar-refractivity contribution in [3.63, 3.8) is 0 Å². The molecule has 3 aliphatic rings. The molecule has 0 radical (unpaired) electrons. The van der Waals surface area contributed by atoms with Gasteiger partial charge in [-0.25, -0.2) is 0 Å². The molecule has 0 amide bonds. The van der Waals surface area contributed by atoms with E-state index in [1.807, 2.05) is 0 Å². The van der Waals surface area contributed by atoms with Crippen LogP contribution < -0.4 is 9.47 Å². The lowest BCUT2D eigenvalue weighted by molar-refractivity contribution is -0.233. The average molecular weight is 424 g/mol. The Morgan fingerprint density at radius 2 is 0.969 bits per heavy atom. The van der Waals surface area contributed by atoms with Gasteiger partial charge in [0.1, 0.15) is 11.5 Å². The van der Waals surface area contributed by atoms with E-state index in [2.05, 4.69) is 72.8 Å². The van der Waals surface area contributed by atoms with Gasteiger partial charge in [-0.3, -0.25) is 0 Å². The molecule has 7 rings (SSSR count). The standard InChI is InChI=1S/C28H24O4/c1-3-7-21-19(5-1)9-11-23-25(21)26-22-8-4-2-6-20(22)10-12-24(26)32-28(31-23)15-13-27(14-16-28)29-17-18-30-27/h1-12H,13-18H2. The van der Waals surface area contributed by atoms with Gasteiger partial charge >= 0.3 is 0 Å². The Kier molecular flexibility index (Phi) is 3.88. The van der Waals surface area contributed by atoms with Crippen molar-refractivity contribution in [2.45, 2.75) is 37.3 Å². The van der Waals surface area contributed by atoms with E-state index in [1.54, 1.807) is 0 Å². The minimum absolute atomic E-state index is 0.470. The van der Waals surface area contributed by atoms with Gasteiger partial charge in [0, 0.05) is 36.8 Å². The Morgan fingerprint density at radius 3 is 1.50 bits per heavy atom. The summed E-state index contributed by atoms with van der Waals surface area (Å²) in [4.78, 5) is 0. The Morgan fingerprint density at radius 1 is 0.500 bits per heavy atom. The van der Waals surface area contributed by atoms with Crippen LogP contribution in [0, 0.1) is 0 Å². The van der Waals surface area contributed by atoms with Crippen molar-refractivity contribution in [2.24, 2.45) is 0 Å². The van der Waals surface area contributed by atoms with Gasteiger partial charge in [-0.1, -0.05) is 60.7 Å². The summed E-state index contributed by atoms with van der Waals surface area (Å²) in [5, 5.41) is 4.75. The number of rotatable bonds is 0. The summed E-state index contributed by atoms with van der Waals surface area (Å²) in [5.74, 6) is 0.555. The summed E-state index contributed by atoms with van der Waals surface area (Å²) >= 11 is 0. The van der Waals surface area contributed by atoms with E-state index in [0.717, 1.165) is 35.5 Å². The molecule has 2 fully saturated rings. The molecule has 4 aromatic rings. The second-order valence-corrected chi connectivity index (χ2v) is 9.04. The number of benzene rings is 4. The topological polar surface area (TPSA) is 36.9 Å². The summed E-state index contributed by atoms with van der Waals surface area (Å²) in [6.45, 7) is 1.33. The Hall–Kier alpha value is -3.08. The van der Waals surface area contributed by atoms with E-state index in [0.29, 0.717) is 26.1 Å². The number of ether oxygens (including phenoxy) is 4. The van der Waals surface area contributed by atoms with Crippen LogP contribution in [0.15, 0.2) is 72.8 Å². The fraction of sp³-hybridized carbons (Fsp3) is 0.286. The van der Waals surface area contributed by atoms with E-state index in [1.165, 1.54) is 21.5 Å². The molecule has 160 valence electrons. The molecule has 0 bridgehead atoms. The molecular formula is C28H24O4. The monoisotopic (exact) mass is 424 g/mol. The van der Waals surface area contributed by atoms with Gasteiger partial charge in [0.05, 0.1) is 13.2 Å². The van der Waals surface area contributed by atoms with Crippen LogP contribution in [0.4, 0.5) is 0 Å². The van der Waals surface area contributed by atoms with Crippen LogP contribution >= 0.6 is 0 Å². The molecule has 1 saturated heterocycles. The van der Waals surface area contributed by atoms with E-state index in [4.69, 9.17) is 18.9 Å². The van der Waals surface area contributed by atoms with Crippen molar-refractivity contribution in [3.05, 3.63) is 72.8 Å². The molecule has 2 spiro atoms. The van der Waals surface area contributed by atoms with Crippen molar-refractivity contribution in [1.82, 2.24) is 0 Å². The summed E-state index contributed by atoms with van der Waals surface area (Å²) in [5.41, 5.74) is 2.22. The highest BCUT2D eigenvalue weighted by Gasteiger charge is 2.50. The normalized spacial score (nSPS) is 20.5. The molecule has 4 nitrogen and oxygen atoms in total. The molecule has 2 heterocycles. The van der Waals surface area contributed by atoms with Crippen LogP contribution in [0.3, 0.4) is 0 Å². The van der Waals surface area contributed by atoms with Crippen LogP contribution in [0.25, 0.3) is 32.7 Å². The van der Waals surface area contributed by atoms with Crippen molar-refractivity contribution in [1.29, 1.82) is 0 Å². The smallest absolute Gasteiger partial charge is 0.251 e. The number of fused-ring (bicyclic) bond motifs is 7. The highest BCUT2D eigenvalue weighted by molar-refractivity contribution is 6.09. The SMILES string of the molecule is c1ccc2c3c(ccc2c1)OC1(CCC2(CC1)OCCO2)Oc1ccc2ccccc2c1-3. The first-order valence-corrected chi connectivity index (χ1v) is 11.4. The van der Waals surface area contributed by atoms with Crippen molar-refractivity contribution in [2.75, 3.05) is 13.2 Å². The molecule has 0 aromatic heterocycles. The minimum Gasteiger partial charge on any atom is -0.452 e. The predicted molar refractivity (Wildman–Crippen MR) is 124 cm³/mol. The highest BCUT2D eigenvalue weighted by atomic mass is 16.7. The molecule has 1 saturated carbocycles. The van der Waals surface area contributed by atoms with Gasteiger partial charge in [0.15, 0.2) is 5.79 Å². The maximum absolute atomic E-state index is 6.79. The van der Waals surface area contributed by atoms with Crippen molar-refractivity contribution < 1.29 is 18.9 Å². The lowest BCUT2D eigenvalue weighted by atomic mass is 9.88. The van der Waals surface area contributed by atoms with Crippen molar-refractivity contribution in [3.8, 4) is 22.6 Å². The fourth-order valence-corrected chi connectivity index (χ4v) is 5.61. The Bertz CT molecular complexity index is 1250. The zero-order chi connectivity index (χ0) is 21.2. The van der Waals surface area contributed by atoms with Gasteiger partial charge in [0.2, 0.25) is 0 Å². The largest absolute Gasteiger partial charge is 0.452 e. The first-order chi connectivity index (χ1) is 15.7. The maximum Gasteiger partial charge on any atom is 0.251 e. The first-order valence-electron chi connectivity index (χ1n) is 11.4. The van der Waals surface area contributed by atoms with Gasteiger partial charge < -0.3 is 18.9 Å². The minimum atomic E-state index is -0.731. The lowest BCUT2D eigenvalue weighted by Crippen LogP contribution is -2.50. The van der Waals surface area contributed by atoms with E-state index < -0.39 is 11.6 Å². The lowest BCUT2D eigenvalue weighted by Gasteiger charge is -2.42. The summed E-state index contributed by atoms with van der Waals surface area (Å²) in [6.07, 6.45) is 2.95. The molecule has 32 heavy (non-hydrogen) atoms. The molecule has 2 aliphatic heterocycles. The van der Waals surface area contributed by atoms with Crippen LogP contribution in [0.2, 0.25) is 0 Å². The van der Waals surface area contributed by atoms with E-state index in [-0.39, 0.29) is 0 Å². The third-order valence-electron chi connectivity index (χ3n) is 7.21. The summed E-state index contributed by atoms with van der Waals surface area (Å²) in [6, 6.07) is 25.5. The summed E-state index contributed by atoms with van der Waals surface area (Å²) < 4.78 is 25.5. The molecule has 1 aliphatic carbocycles. The molecule has 4 heteroatoms. The predicted octanol–water partition coefficient (Wildman–Crippen LogP) is 6.44. The van der Waals surface area contributed by atoms with Crippen molar-refractivity contribution >= 4 is 21.5 Å². The van der Waals surface area contributed by atoms with Gasteiger partial charge in [0.25, 0.3) is 5.79 Å². The fourth-order valence-electron chi connectivity index (χ4n) is 5.61. The van der Waals surface area contributed by atoms with Gasteiger partial charge in [-0.15, -0.1) is 0 Å². The van der Waals surface area contributed by atoms with Crippen LogP contribution in [0.1, 0.15) is 25.7 Å². The third-order valence-corrected chi connectivity index (χ3v) is 7.21. The van der Waals surface area contributed by atoms with Gasteiger partial charge in [-0.2, -0.15) is 0 Å². The second kappa shape index (κ2) is 6.71. The zero-order valence-corrected chi connectivity index (χ0v) is 17.8. The van der Waals surface area contributed by atoms with Crippen LogP contribution in [-0.2, 0) is 9.47 Å². The quantitative estimate of drug-likeness (QED) is 0.325. The van der Waals surface area contributed by atoms with E-state index in [9.17, 15) is 0 Å². The maximum atomic E-state index is 6.79. The number of hydrogen-bond donors (Lipinski definition) is 0. The molecule has 4 aromatic carbocycles.